The first kappa shape index (κ1) is 26.2. The average Bonchev–Trinajstić information content (AvgIpc) is 2.80. The molecule has 7 nitrogen and oxygen atoms in total. The van der Waals surface area contributed by atoms with E-state index in [-0.39, 0.29) is 35.7 Å². The number of nitrogens with one attached hydrogen (secondary N) is 2. The molecule has 2 aliphatic rings. The fourth-order valence-electron chi connectivity index (χ4n) is 4.97. The van der Waals surface area contributed by atoms with Crippen LogP contribution < -0.4 is 15.4 Å². The molecular weight excluding hydrogens is 461 g/mol. The van der Waals surface area contributed by atoms with Gasteiger partial charge in [-0.05, 0) is 49.4 Å². The summed E-state index contributed by atoms with van der Waals surface area (Å²) in [6.07, 6.45) is 4.74. The summed E-state index contributed by atoms with van der Waals surface area (Å²) in [5, 5.41) is 17.3. The number of carbonyl (C=O) groups excluding carboxylic acids is 2. The molecule has 3 N–H and O–H groups in total. The third-order valence-corrected chi connectivity index (χ3v) is 7.15. The SMILES string of the molecule is CC(=O)N[C@@H](Cc1ccc(F)cc1)[C@@H](O)CN[C@H]1CC2(CCC2)Oc2ncc(C(=O)C(C)(C)C)cc21. The number of halogens is 1. The van der Waals surface area contributed by atoms with E-state index in [9.17, 15) is 19.1 Å². The van der Waals surface area contributed by atoms with Crippen molar-refractivity contribution in [2.24, 2.45) is 5.41 Å². The Morgan fingerprint density at radius 2 is 1.94 bits per heavy atom. The Morgan fingerprint density at radius 1 is 1.25 bits per heavy atom. The lowest BCUT2D eigenvalue weighted by atomic mass is 9.73. The largest absolute Gasteiger partial charge is 0.471 e. The molecule has 1 aromatic carbocycles. The van der Waals surface area contributed by atoms with Crippen molar-refractivity contribution in [3.05, 3.63) is 59.0 Å². The van der Waals surface area contributed by atoms with Crippen molar-refractivity contribution in [3.63, 3.8) is 0 Å². The van der Waals surface area contributed by atoms with Crippen molar-refractivity contribution < 1.29 is 23.8 Å². The number of hydrogen-bond acceptors (Lipinski definition) is 6. The quantitative estimate of drug-likeness (QED) is 0.479. The molecule has 1 aromatic heterocycles. The molecule has 2 aromatic rings. The molecule has 1 amide bonds. The maximum atomic E-state index is 13.3. The minimum absolute atomic E-state index is 0.00513. The van der Waals surface area contributed by atoms with E-state index >= 15 is 0 Å². The zero-order valence-corrected chi connectivity index (χ0v) is 21.4. The molecular formula is C28H36FN3O4. The molecule has 0 radical (unpaired) electrons. The Labute approximate surface area is 211 Å². The fourth-order valence-corrected chi connectivity index (χ4v) is 4.97. The highest BCUT2D eigenvalue weighted by atomic mass is 19.1. The van der Waals surface area contributed by atoms with E-state index < -0.39 is 17.6 Å². The van der Waals surface area contributed by atoms with Crippen LogP contribution in [0.1, 0.15) is 80.9 Å². The number of nitrogens with zero attached hydrogens (tertiary/aromatic N) is 1. The normalized spacial score (nSPS) is 20.0. The molecule has 1 aliphatic heterocycles. The Kier molecular flexibility index (Phi) is 7.48. The van der Waals surface area contributed by atoms with E-state index in [1.165, 1.54) is 19.1 Å². The zero-order valence-electron chi connectivity index (χ0n) is 21.4. The summed E-state index contributed by atoms with van der Waals surface area (Å²) < 4.78 is 19.6. The van der Waals surface area contributed by atoms with Crippen LogP contribution >= 0.6 is 0 Å². The van der Waals surface area contributed by atoms with Crippen LogP contribution in [0.4, 0.5) is 4.39 Å². The summed E-state index contributed by atoms with van der Waals surface area (Å²) in [6, 6.07) is 7.18. The minimum Gasteiger partial charge on any atom is -0.471 e. The first-order valence-electron chi connectivity index (χ1n) is 12.6. The van der Waals surface area contributed by atoms with Crippen LogP contribution in [-0.4, -0.2) is 46.1 Å². The number of ether oxygens (including phenoxy) is 1. The van der Waals surface area contributed by atoms with Crippen LogP contribution in [0, 0.1) is 11.2 Å². The van der Waals surface area contributed by atoms with Gasteiger partial charge in [0.25, 0.3) is 0 Å². The summed E-state index contributed by atoms with van der Waals surface area (Å²) in [5.41, 5.74) is 1.35. The van der Waals surface area contributed by atoms with Gasteiger partial charge < -0.3 is 20.5 Å². The van der Waals surface area contributed by atoms with Crippen molar-refractivity contribution in [2.75, 3.05) is 6.54 Å². The molecule has 36 heavy (non-hydrogen) atoms. The Hall–Kier alpha value is -2.84. The van der Waals surface area contributed by atoms with Crippen LogP contribution in [0.3, 0.4) is 0 Å². The van der Waals surface area contributed by atoms with Crippen LogP contribution in [0.25, 0.3) is 0 Å². The van der Waals surface area contributed by atoms with E-state index in [2.05, 4.69) is 15.6 Å². The van der Waals surface area contributed by atoms with E-state index in [0.717, 1.165) is 30.4 Å². The van der Waals surface area contributed by atoms with Gasteiger partial charge in [0, 0.05) is 48.7 Å². The monoisotopic (exact) mass is 497 g/mol. The number of aliphatic hydroxyl groups excluding tert-OH is 1. The molecule has 1 aliphatic carbocycles. The number of pyridine rings is 1. The molecule has 2 heterocycles. The Balaban J connectivity index is 1.52. The number of aromatic nitrogens is 1. The van der Waals surface area contributed by atoms with Crippen molar-refractivity contribution in [2.45, 2.75) is 83.6 Å². The van der Waals surface area contributed by atoms with E-state index in [1.807, 2.05) is 26.8 Å². The number of fused-ring (bicyclic) bond motifs is 1. The number of amides is 1. The maximum absolute atomic E-state index is 13.3. The standard InChI is InChI=1S/C28H36FN3O4/c1-17(33)32-22(12-18-6-8-20(29)9-7-18)24(34)16-30-23-14-28(10-5-11-28)36-26-21(23)13-19(15-31-26)25(35)27(2,3)4/h6-9,13,15,22-24,30,34H,5,10-12,14,16H2,1-4H3,(H,32,33)/t22-,23-,24-/m0/s1. The smallest absolute Gasteiger partial charge is 0.218 e. The molecule has 8 heteroatoms. The van der Waals surface area contributed by atoms with Crippen LogP contribution in [0.15, 0.2) is 36.5 Å². The van der Waals surface area contributed by atoms with E-state index in [1.54, 1.807) is 18.3 Å². The lowest BCUT2D eigenvalue weighted by Gasteiger charge is -2.47. The number of rotatable bonds is 8. The average molecular weight is 498 g/mol. The minimum atomic E-state index is -0.894. The van der Waals surface area contributed by atoms with Crippen molar-refractivity contribution in [3.8, 4) is 5.88 Å². The van der Waals surface area contributed by atoms with E-state index in [0.29, 0.717) is 24.3 Å². The lowest BCUT2D eigenvalue weighted by Crippen LogP contribution is -2.52. The third kappa shape index (κ3) is 5.93. The number of benzene rings is 1. The summed E-state index contributed by atoms with van der Waals surface area (Å²) in [5.74, 6) is -0.0488. The predicted molar refractivity (Wildman–Crippen MR) is 134 cm³/mol. The van der Waals surface area contributed by atoms with Crippen LogP contribution in [-0.2, 0) is 11.2 Å². The topological polar surface area (TPSA) is 101 Å². The maximum Gasteiger partial charge on any atom is 0.218 e. The first-order chi connectivity index (χ1) is 17.0. The van der Waals surface area contributed by atoms with Gasteiger partial charge in [0.05, 0.1) is 12.1 Å². The predicted octanol–water partition coefficient (Wildman–Crippen LogP) is 3.89. The summed E-state index contributed by atoms with van der Waals surface area (Å²) in [7, 11) is 0. The highest BCUT2D eigenvalue weighted by Crippen LogP contribution is 2.48. The second-order valence-corrected chi connectivity index (χ2v) is 11.2. The van der Waals surface area contributed by atoms with Crippen molar-refractivity contribution in [1.82, 2.24) is 15.6 Å². The fraction of sp³-hybridized carbons (Fsp3) is 0.536. The second-order valence-electron chi connectivity index (χ2n) is 11.2. The zero-order chi connectivity index (χ0) is 26.1. The molecule has 1 saturated carbocycles. The summed E-state index contributed by atoms with van der Waals surface area (Å²) in [4.78, 5) is 29.2. The van der Waals surface area contributed by atoms with Gasteiger partial charge in [0.1, 0.15) is 11.4 Å². The van der Waals surface area contributed by atoms with Gasteiger partial charge in [-0.25, -0.2) is 9.37 Å². The lowest BCUT2D eigenvalue weighted by molar-refractivity contribution is -0.120. The highest BCUT2D eigenvalue weighted by Gasteiger charge is 2.46. The highest BCUT2D eigenvalue weighted by molar-refractivity contribution is 5.99. The number of hydrogen-bond donors (Lipinski definition) is 3. The molecule has 1 spiro atoms. The summed E-state index contributed by atoms with van der Waals surface area (Å²) in [6.45, 7) is 7.26. The molecule has 194 valence electrons. The van der Waals surface area contributed by atoms with Gasteiger partial charge in [-0.2, -0.15) is 0 Å². The van der Waals surface area contributed by atoms with Gasteiger partial charge in [-0.3, -0.25) is 9.59 Å². The van der Waals surface area contributed by atoms with Crippen molar-refractivity contribution >= 4 is 11.7 Å². The van der Waals surface area contributed by atoms with Gasteiger partial charge in [0.15, 0.2) is 5.78 Å². The number of Topliss-reactive ketones (excluding diaryl/α,β-unsaturated/α-hetero) is 1. The first-order valence-corrected chi connectivity index (χ1v) is 12.6. The second kappa shape index (κ2) is 10.3. The van der Waals surface area contributed by atoms with Gasteiger partial charge >= 0.3 is 0 Å². The van der Waals surface area contributed by atoms with E-state index in [4.69, 9.17) is 4.74 Å². The Morgan fingerprint density at radius 3 is 2.53 bits per heavy atom. The van der Waals surface area contributed by atoms with Crippen LogP contribution in [0.5, 0.6) is 5.88 Å². The summed E-state index contributed by atoms with van der Waals surface area (Å²) >= 11 is 0. The van der Waals surface area contributed by atoms with Crippen molar-refractivity contribution in [1.29, 1.82) is 0 Å². The van der Waals surface area contributed by atoms with Gasteiger partial charge in [-0.1, -0.05) is 32.9 Å². The van der Waals surface area contributed by atoms with Gasteiger partial charge in [-0.15, -0.1) is 0 Å². The van der Waals surface area contributed by atoms with Gasteiger partial charge in [0.2, 0.25) is 11.8 Å². The van der Waals surface area contributed by atoms with Crippen LogP contribution in [0.2, 0.25) is 0 Å². The number of carbonyl (C=O) groups is 2. The number of ketones is 1. The molecule has 3 atom stereocenters. The number of aliphatic hydroxyl groups is 1. The molecule has 1 fully saturated rings. The third-order valence-electron chi connectivity index (χ3n) is 7.15. The molecule has 0 saturated heterocycles. The Bertz CT molecular complexity index is 1110. The molecule has 4 rings (SSSR count). The molecule has 0 unspecified atom stereocenters. The molecule has 0 bridgehead atoms.